The summed E-state index contributed by atoms with van der Waals surface area (Å²) in [6, 6.07) is 0. The second-order valence-corrected chi connectivity index (χ2v) is 6.79. The van der Waals surface area contributed by atoms with Crippen molar-refractivity contribution in [1.29, 1.82) is 0 Å². The number of fused-ring (bicyclic) bond motifs is 1. The number of aromatic amines is 1. The second-order valence-electron chi connectivity index (χ2n) is 6.41. The summed E-state index contributed by atoms with van der Waals surface area (Å²) in [6.45, 7) is 5.22. The van der Waals surface area contributed by atoms with E-state index in [-0.39, 0.29) is 5.56 Å². The minimum absolute atomic E-state index is 0.0398. The number of H-pyrrole nitrogens is 1. The minimum Gasteiger partial charge on any atom is -0.742 e. The van der Waals surface area contributed by atoms with Gasteiger partial charge in [-0.15, -0.1) is 0 Å². The zero-order valence-corrected chi connectivity index (χ0v) is 12.8. The summed E-state index contributed by atoms with van der Waals surface area (Å²) in [4.78, 5) is 21.3. The predicted octanol–water partition coefficient (Wildman–Crippen LogP) is 1.86. The molecule has 1 aromatic rings. The fraction of sp³-hybridized carbons (Fsp3) is 0.733. The van der Waals surface area contributed by atoms with Gasteiger partial charge in [-0.05, 0) is 29.8 Å². The molecule has 0 bridgehead atoms. The molecule has 4 nitrogen and oxygen atoms in total. The molecule has 1 fully saturated rings. The lowest BCUT2D eigenvalue weighted by Crippen LogP contribution is -2.39. The Morgan fingerprint density at radius 2 is 2.10 bits per heavy atom. The van der Waals surface area contributed by atoms with Crippen LogP contribution in [-0.4, -0.2) is 28.0 Å². The van der Waals surface area contributed by atoms with Gasteiger partial charge in [-0.2, -0.15) is 0 Å². The van der Waals surface area contributed by atoms with Crippen LogP contribution in [0.5, 0.6) is 0 Å². The van der Waals surface area contributed by atoms with Crippen LogP contribution < -0.4 is 5.56 Å². The molecule has 5 heteroatoms. The maximum atomic E-state index is 12.0. The monoisotopic (exact) mass is 292 g/mol. The molecule has 0 aromatic carbocycles. The second kappa shape index (κ2) is 5.82. The van der Waals surface area contributed by atoms with Crippen molar-refractivity contribution in [3.8, 4) is 0 Å². The van der Waals surface area contributed by atoms with Crippen LogP contribution in [0.25, 0.3) is 0 Å². The normalized spacial score (nSPS) is 27.2. The minimum atomic E-state index is -0.0398. The molecule has 1 N–H and O–H groups in total. The number of hydrogen-bond acceptors (Lipinski definition) is 4. The van der Waals surface area contributed by atoms with Crippen molar-refractivity contribution in [3.05, 3.63) is 21.6 Å². The van der Waals surface area contributed by atoms with Gasteiger partial charge in [0.2, 0.25) is 0 Å². The van der Waals surface area contributed by atoms with Gasteiger partial charge < -0.3 is 17.6 Å². The highest BCUT2D eigenvalue weighted by molar-refractivity contribution is 7.58. The van der Waals surface area contributed by atoms with Crippen molar-refractivity contribution in [2.75, 3.05) is 13.1 Å². The van der Waals surface area contributed by atoms with Gasteiger partial charge in [-0.25, -0.2) is 0 Å². The lowest BCUT2D eigenvalue weighted by Gasteiger charge is -2.34. The van der Waals surface area contributed by atoms with Crippen LogP contribution in [0.2, 0.25) is 0 Å². The molecule has 1 saturated carbocycles. The molecule has 0 spiro atoms. The van der Waals surface area contributed by atoms with E-state index in [1.54, 1.807) is 0 Å². The maximum absolute atomic E-state index is 12.0. The quantitative estimate of drug-likeness (QED) is 0.668. The molecule has 0 radical (unpaired) electrons. The van der Waals surface area contributed by atoms with Crippen LogP contribution in [0, 0.1) is 11.8 Å². The first-order valence-electron chi connectivity index (χ1n) is 7.63. The fourth-order valence-electron chi connectivity index (χ4n) is 3.49. The first kappa shape index (κ1) is 14.0. The molecule has 20 heavy (non-hydrogen) atoms. The summed E-state index contributed by atoms with van der Waals surface area (Å²) < 4.78 is 0. The average Bonchev–Trinajstić information content (AvgIpc) is 2.42. The molecule has 0 saturated heterocycles. The molecular formula is C15H22N3OS-. The predicted molar refractivity (Wildman–Crippen MR) is 80.6 cm³/mol. The van der Waals surface area contributed by atoms with Gasteiger partial charge in [0.25, 0.3) is 5.56 Å². The van der Waals surface area contributed by atoms with E-state index < -0.39 is 0 Å². The van der Waals surface area contributed by atoms with E-state index in [9.17, 15) is 4.79 Å². The van der Waals surface area contributed by atoms with E-state index in [0.29, 0.717) is 5.16 Å². The van der Waals surface area contributed by atoms with Crippen LogP contribution >= 0.6 is 0 Å². The van der Waals surface area contributed by atoms with Gasteiger partial charge >= 0.3 is 0 Å². The SMILES string of the molecule is CC1CCC(CN2CCc3nc([S-])[nH]c(=O)c3C2)CC1. The van der Waals surface area contributed by atoms with Crippen molar-refractivity contribution in [1.82, 2.24) is 14.9 Å². The fourth-order valence-corrected chi connectivity index (χ4v) is 3.69. The molecule has 2 heterocycles. The van der Waals surface area contributed by atoms with Crippen molar-refractivity contribution in [2.24, 2.45) is 11.8 Å². The molecule has 3 rings (SSSR count). The smallest absolute Gasteiger partial charge is 0.254 e. The first-order valence-corrected chi connectivity index (χ1v) is 8.04. The zero-order valence-electron chi connectivity index (χ0n) is 12.0. The van der Waals surface area contributed by atoms with Gasteiger partial charge in [-0.1, -0.05) is 19.8 Å². The molecule has 0 amide bonds. The molecule has 1 aliphatic carbocycles. The molecule has 1 aromatic heterocycles. The summed E-state index contributed by atoms with van der Waals surface area (Å²) in [5.41, 5.74) is 1.70. The highest BCUT2D eigenvalue weighted by atomic mass is 32.1. The standard InChI is InChI=1S/C15H23N3OS/c1-10-2-4-11(5-3-10)8-18-7-6-13-12(9-18)14(19)17-15(20)16-13/h10-11H,2-9H2,1H3,(H2,16,17,19,20)/p-1. The van der Waals surface area contributed by atoms with E-state index in [4.69, 9.17) is 12.6 Å². The van der Waals surface area contributed by atoms with Crippen LogP contribution in [0.15, 0.2) is 9.95 Å². The number of nitrogens with one attached hydrogen (secondary N) is 1. The van der Waals surface area contributed by atoms with Crippen molar-refractivity contribution in [3.63, 3.8) is 0 Å². The molecule has 0 unspecified atom stereocenters. The summed E-state index contributed by atoms with van der Waals surface area (Å²) in [5.74, 6) is 1.70. The van der Waals surface area contributed by atoms with Crippen molar-refractivity contribution in [2.45, 2.75) is 50.7 Å². The molecule has 2 aliphatic rings. The van der Waals surface area contributed by atoms with E-state index in [1.165, 1.54) is 25.7 Å². The van der Waals surface area contributed by atoms with Crippen LogP contribution in [0.4, 0.5) is 0 Å². The number of hydrogen-bond donors (Lipinski definition) is 1. The number of nitrogens with zero attached hydrogens (tertiary/aromatic N) is 2. The molecule has 0 atom stereocenters. The topological polar surface area (TPSA) is 49.0 Å². The van der Waals surface area contributed by atoms with E-state index >= 15 is 0 Å². The Labute approximate surface area is 125 Å². The Balaban J connectivity index is 1.65. The van der Waals surface area contributed by atoms with Gasteiger partial charge in [-0.3, -0.25) is 14.7 Å². The molecule has 110 valence electrons. The van der Waals surface area contributed by atoms with Crippen molar-refractivity contribution < 1.29 is 0 Å². The number of aromatic nitrogens is 2. The van der Waals surface area contributed by atoms with E-state index in [1.807, 2.05) is 0 Å². The number of rotatable bonds is 2. The summed E-state index contributed by atoms with van der Waals surface area (Å²) in [7, 11) is 0. The highest BCUT2D eigenvalue weighted by Crippen LogP contribution is 2.29. The third-order valence-corrected chi connectivity index (χ3v) is 4.97. The third-order valence-electron chi connectivity index (χ3n) is 4.78. The molecule has 1 aliphatic heterocycles. The van der Waals surface area contributed by atoms with Gasteiger partial charge in [0.15, 0.2) is 0 Å². The lowest BCUT2D eigenvalue weighted by molar-refractivity contribution is 0.171. The Kier molecular flexibility index (Phi) is 4.08. The lowest BCUT2D eigenvalue weighted by atomic mass is 9.82. The summed E-state index contributed by atoms with van der Waals surface area (Å²) in [6.07, 6.45) is 6.24. The Morgan fingerprint density at radius 1 is 1.35 bits per heavy atom. The van der Waals surface area contributed by atoms with Crippen LogP contribution in [-0.2, 0) is 25.6 Å². The summed E-state index contributed by atoms with van der Waals surface area (Å²) in [5, 5.41) is 0.323. The Morgan fingerprint density at radius 3 is 2.85 bits per heavy atom. The first-order chi connectivity index (χ1) is 9.61. The van der Waals surface area contributed by atoms with Crippen LogP contribution in [0.1, 0.15) is 43.9 Å². The van der Waals surface area contributed by atoms with E-state index in [2.05, 4.69) is 21.8 Å². The largest absolute Gasteiger partial charge is 0.742 e. The average molecular weight is 292 g/mol. The van der Waals surface area contributed by atoms with Gasteiger partial charge in [0, 0.05) is 26.1 Å². The Hall–Kier alpha value is -0.940. The van der Waals surface area contributed by atoms with Crippen molar-refractivity contribution >= 4 is 12.6 Å². The highest BCUT2D eigenvalue weighted by Gasteiger charge is 2.24. The maximum Gasteiger partial charge on any atom is 0.254 e. The van der Waals surface area contributed by atoms with Crippen LogP contribution in [0.3, 0.4) is 0 Å². The van der Waals surface area contributed by atoms with Gasteiger partial charge in [0.05, 0.1) is 11.3 Å². The molecular weight excluding hydrogens is 270 g/mol. The Bertz CT molecular complexity index is 534. The summed E-state index contributed by atoms with van der Waals surface area (Å²) >= 11 is 4.98. The van der Waals surface area contributed by atoms with E-state index in [0.717, 1.165) is 49.1 Å². The van der Waals surface area contributed by atoms with Gasteiger partial charge in [0.1, 0.15) is 0 Å². The zero-order chi connectivity index (χ0) is 14.1. The third kappa shape index (κ3) is 3.04.